The first-order valence-corrected chi connectivity index (χ1v) is 5.25. The second-order valence-corrected chi connectivity index (χ2v) is 3.86. The summed E-state index contributed by atoms with van der Waals surface area (Å²) in [5.74, 6) is -0.00238. The lowest BCUT2D eigenvalue weighted by molar-refractivity contribution is -0.0117. The van der Waals surface area contributed by atoms with Crippen LogP contribution < -0.4 is 5.32 Å². The smallest absolute Gasteiger partial charge is 0.222 e. The molecule has 16 heavy (non-hydrogen) atoms. The number of nitrogens with one attached hydrogen (secondary N) is 1. The second kappa shape index (κ2) is 5.18. The molecule has 1 fully saturated rings. The van der Waals surface area contributed by atoms with E-state index < -0.39 is 5.82 Å². The third kappa shape index (κ3) is 3.11. The number of nitrogens with zero attached hydrogens (tertiary/aromatic N) is 3. The van der Waals surface area contributed by atoms with E-state index in [1.54, 1.807) is 0 Å². The zero-order valence-electron chi connectivity index (χ0n) is 9.19. The van der Waals surface area contributed by atoms with Crippen molar-refractivity contribution in [3.05, 3.63) is 18.2 Å². The van der Waals surface area contributed by atoms with Gasteiger partial charge in [-0.25, -0.2) is 14.4 Å². The average molecular weight is 226 g/mol. The van der Waals surface area contributed by atoms with Crippen LogP contribution in [0.3, 0.4) is 0 Å². The summed E-state index contributed by atoms with van der Waals surface area (Å²) in [6.07, 6.45) is 2.42. The molecule has 1 N–H and O–H groups in total. The summed E-state index contributed by atoms with van der Waals surface area (Å²) in [6, 6.07) is 0. The molecule has 1 aliphatic rings. The molecule has 88 valence electrons. The molecule has 0 amide bonds. The Morgan fingerprint density at radius 3 is 3.00 bits per heavy atom. The zero-order chi connectivity index (χ0) is 11.4. The molecule has 0 radical (unpaired) electrons. The van der Waals surface area contributed by atoms with Gasteiger partial charge in [-0.1, -0.05) is 0 Å². The first-order chi connectivity index (χ1) is 7.74. The molecule has 0 aromatic carbocycles. The molecular weight excluding hydrogens is 211 g/mol. The first-order valence-electron chi connectivity index (χ1n) is 5.25. The molecule has 1 aromatic rings. The minimum Gasteiger partial charge on any atom is -0.374 e. The van der Waals surface area contributed by atoms with E-state index in [2.05, 4.69) is 27.2 Å². The molecule has 2 rings (SSSR count). The lowest BCUT2D eigenvalue weighted by Crippen LogP contribution is -2.43. The quantitative estimate of drug-likeness (QED) is 0.806. The van der Waals surface area contributed by atoms with E-state index in [0.717, 1.165) is 32.1 Å². The summed E-state index contributed by atoms with van der Waals surface area (Å²) in [5.41, 5.74) is 0. The third-order valence-corrected chi connectivity index (χ3v) is 2.45. The van der Waals surface area contributed by atoms with Crippen LogP contribution in [0.2, 0.25) is 0 Å². The first kappa shape index (κ1) is 11.2. The normalized spacial score (nSPS) is 22.0. The highest BCUT2D eigenvalue weighted by Crippen LogP contribution is 2.04. The van der Waals surface area contributed by atoms with Gasteiger partial charge in [-0.2, -0.15) is 0 Å². The summed E-state index contributed by atoms with van der Waals surface area (Å²) in [6.45, 7) is 3.22. The number of ether oxygens (including phenoxy) is 1. The number of hydrogen-bond donors (Lipinski definition) is 1. The molecule has 0 saturated carbocycles. The Kier molecular flexibility index (Phi) is 3.63. The molecule has 6 heteroatoms. The fourth-order valence-electron chi connectivity index (χ4n) is 1.60. The van der Waals surface area contributed by atoms with Crippen molar-refractivity contribution in [2.45, 2.75) is 6.10 Å². The van der Waals surface area contributed by atoms with E-state index in [1.807, 2.05) is 0 Å². The van der Waals surface area contributed by atoms with Gasteiger partial charge in [0.05, 0.1) is 25.1 Å². The molecule has 0 spiro atoms. The van der Waals surface area contributed by atoms with Crippen molar-refractivity contribution in [2.75, 3.05) is 38.6 Å². The van der Waals surface area contributed by atoms with Gasteiger partial charge in [0.1, 0.15) is 0 Å². The largest absolute Gasteiger partial charge is 0.374 e. The lowest BCUT2D eigenvalue weighted by atomic mass is 10.3. The maximum Gasteiger partial charge on any atom is 0.222 e. The molecule has 1 aromatic heterocycles. The second-order valence-electron chi connectivity index (χ2n) is 3.86. The Labute approximate surface area is 93.6 Å². The lowest BCUT2D eigenvalue weighted by Gasteiger charge is -2.30. The maximum atomic E-state index is 12.5. The van der Waals surface area contributed by atoms with Crippen LogP contribution in [0, 0.1) is 5.82 Å². The molecule has 2 heterocycles. The number of aromatic nitrogens is 2. The maximum absolute atomic E-state index is 12.5. The molecule has 5 nitrogen and oxygen atoms in total. The van der Waals surface area contributed by atoms with E-state index in [1.165, 1.54) is 0 Å². The van der Waals surface area contributed by atoms with E-state index in [4.69, 9.17) is 4.74 Å². The Morgan fingerprint density at radius 2 is 2.31 bits per heavy atom. The van der Waals surface area contributed by atoms with E-state index in [0.29, 0.717) is 12.5 Å². The highest BCUT2D eigenvalue weighted by molar-refractivity contribution is 5.22. The topological polar surface area (TPSA) is 50.3 Å². The molecule has 1 aliphatic heterocycles. The molecule has 0 bridgehead atoms. The average Bonchev–Trinajstić information content (AvgIpc) is 2.28. The van der Waals surface area contributed by atoms with E-state index in [-0.39, 0.29) is 6.10 Å². The van der Waals surface area contributed by atoms with Gasteiger partial charge >= 0.3 is 0 Å². The van der Waals surface area contributed by atoms with Crippen molar-refractivity contribution in [3.8, 4) is 0 Å². The summed E-state index contributed by atoms with van der Waals surface area (Å²) in [7, 11) is 2.06. The van der Waals surface area contributed by atoms with Crippen molar-refractivity contribution < 1.29 is 9.13 Å². The van der Waals surface area contributed by atoms with Crippen LogP contribution in [0.1, 0.15) is 0 Å². The van der Waals surface area contributed by atoms with Gasteiger partial charge < -0.3 is 15.0 Å². The van der Waals surface area contributed by atoms with Crippen molar-refractivity contribution in [2.24, 2.45) is 0 Å². The van der Waals surface area contributed by atoms with Gasteiger partial charge in [-0.05, 0) is 7.05 Å². The molecule has 1 saturated heterocycles. The van der Waals surface area contributed by atoms with Crippen molar-refractivity contribution in [1.29, 1.82) is 0 Å². The van der Waals surface area contributed by atoms with Crippen LogP contribution >= 0.6 is 0 Å². The minimum atomic E-state index is -0.431. The SMILES string of the molecule is CN1CCO[C@H](CNc2ncc(F)cn2)C1. The Hall–Kier alpha value is -1.27. The Balaban J connectivity index is 1.80. The number of hydrogen-bond acceptors (Lipinski definition) is 5. The number of anilines is 1. The number of halogens is 1. The van der Waals surface area contributed by atoms with Crippen molar-refractivity contribution in [3.63, 3.8) is 0 Å². The molecular formula is C10H15FN4O. The van der Waals surface area contributed by atoms with Gasteiger partial charge in [-0.15, -0.1) is 0 Å². The van der Waals surface area contributed by atoms with Crippen LogP contribution in [-0.2, 0) is 4.74 Å². The fourth-order valence-corrected chi connectivity index (χ4v) is 1.60. The Bertz CT molecular complexity index is 332. The predicted molar refractivity (Wildman–Crippen MR) is 57.7 cm³/mol. The predicted octanol–water partition coefficient (Wildman–Crippen LogP) is 0.358. The number of likely N-dealkylation sites (N-methyl/N-ethyl adjacent to an activating group) is 1. The standard InChI is InChI=1S/C10H15FN4O/c1-15-2-3-16-9(7-15)6-14-10-12-4-8(11)5-13-10/h4-5,9H,2-3,6-7H2,1H3,(H,12,13,14)/t9-/m1/s1. The zero-order valence-corrected chi connectivity index (χ0v) is 9.19. The molecule has 0 unspecified atom stereocenters. The Morgan fingerprint density at radius 1 is 1.56 bits per heavy atom. The minimum absolute atomic E-state index is 0.132. The summed E-state index contributed by atoms with van der Waals surface area (Å²) < 4.78 is 18.1. The van der Waals surface area contributed by atoms with Gasteiger partial charge in [-0.3, -0.25) is 0 Å². The van der Waals surface area contributed by atoms with Gasteiger partial charge in [0.25, 0.3) is 0 Å². The summed E-state index contributed by atoms with van der Waals surface area (Å²) >= 11 is 0. The highest BCUT2D eigenvalue weighted by Gasteiger charge is 2.17. The van der Waals surface area contributed by atoms with E-state index >= 15 is 0 Å². The fraction of sp³-hybridized carbons (Fsp3) is 0.600. The van der Waals surface area contributed by atoms with E-state index in [9.17, 15) is 4.39 Å². The number of morpholine rings is 1. The molecule has 0 aliphatic carbocycles. The monoisotopic (exact) mass is 226 g/mol. The van der Waals surface area contributed by atoms with Crippen LogP contribution in [0.5, 0.6) is 0 Å². The van der Waals surface area contributed by atoms with Gasteiger partial charge in [0.15, 0.2) is 5.82 Å². The van der Waals surface area contributed by atoms with Crippen molar-refractivity contribution >= 4 is 5.95 Å². The number of rotatable bonds is 3. The van der Waals surface area contributed by atoms with Crippen LogP contribution in [0.15, 0.2) is 12.4 Å². The van der Waals surface area contributed by atoms with Gasteiger partial charge in [0, 0.05) is 19.6 Å². The molecule has 1 atom stereocenters. The van der Waals surface area contributed by atoms with Crippen LogP contribution in [0.25, 0.3) is 0 Å². The van der Waals surface area contributed by atoms with Crippen molar-refractivity contribution in [1.82, 2.24) is 14.9 Å². The third-order valence-electron chi connectivity index (χ3n) is 2.45. The van der Waals surface area contributed by atoms with Crippen LogP contribution in [-0.4, -0.2) is 54.3 Å². The summed E-state index contributed by atoms with van der Waals surface area (Å²) in [4.78, 5) is 9.84. The van der Waals surface area contributed by atoms with Gasteiger partial charge in [0.2, 0.25) is 5.95 Å². The highest BCUT2D eigenvalue weighted by atomic mass is 19.1. The summed E-state index contributed by atoms with van der Waals surface area (Å²) in [5, 5.41) is 3.02. The van der Waals surface area contributed by atoms with Crippen LogP contribution in [0.4, 0.5) is 10.3 Å².